The molecule has 0 amide bonds. The Labute approximate surface area is 144 Å². The Morgan fingerprint density at radius 2 is 2.04 bits per heavy atom. The molecule has 4 rings (SSSR count). The van der Waals surface area contributed by atoms with Gasteiger partial charge in [0.1, 0.15) is 23.5 Å². The number of hydrogen-bond donors (Lipinski definition) is 1. The van der Waals surface area contributed by atoms with Crippen molar-refractivity contribution in [3.8, 4) is 17.1 Å². The zero-order chi connectivity index (χ0) is 17.1. The first-order valence-electron chi connectivity index (χ1n) is 7.86. The SMILES string of the molecule is Nc1cc(-c2cnc3cc(OCCc4cccnc4)ccn23)ncn1. The minimum atomic E-state index is 0.426. The van der Waals surface area contributed by atoms with Crippen LogP contribution in [0.25, 0.3) is 17.0 Å². The van der Waals surface area contributed by atoms with Crippen LogP contribution in [0, 0.1) is 0 Å². The van der Waals surface area contributed by atoms with E-state index in [1.54, 1.807) is 18.5 Å². The van der Waals surface area contributed by atoms with Gasteiger partial charge in [0, 0.05) is 37.1 Å². The summed E-state index contributed by atoms with van der Waals surface area (Å²) in [5.41, 5.74) is 9.24. The third-order valence-corrected chi connectivity index (χ3v) is 3.82. The largest absolute Gasteiger partial charge is 0.493 e. The zero-order valence-electron chi connectivity index (χ0n) is 13.4. The van der Waals surface area contributed by atoms with Crippen LogP contribution >= 0.6 is 0 Å². The summed E-state index contributed by atoms with van der Waals surface area (Å²) in [7, 11) is 0. The van der Waals surface area contributed by atoms with Gasteiger partial charge >= 0.3 is 0 Å². The predicted molar refractivity (Wildman–Crippen MR) is 94.1 cm³/mol. The van der Waals surface area contributed by atoms with Crippen LogP contribution in [0.2, 0.25) is 0 Å². The summed E-state index contributed by atoms with van der Waals surface area (Å²) in [6.45, 7) is 0.581. The molecule has 4 aromatic heterocycles. The average Bonchev–Trinajstić information content (AvgIpc) is 3.06. The van der Waals surface area contributed by atoms with Gasteiger partial charge < -0.3 is 10.5 Å². The molecule has 4 heterocycles. The van der Waals surface area contributed by atoms with E-state index in [0.29, 0.717) is 12.4 Å². The molecule has 25 heavy (non-hydrogen) atoms. The molecule has 0 saturated carbocycles. The van der Waals surface area contributed by atoms with E-state index in [2.05, 4.69) is 19.9 Å². The smallest absolute Gasteiger partial charge is 0.140 e. The molecular weight excluding hydrogens is 316 g/mol. The van der Waals surface area contributed by atoms with Gasteiger partial charge in [-0.25, -0.2) is 15.0 Å². The molecule has 0 aliphatic carbocycles. The van der Waals surface area contributed by atoms with E-state index in [9.17, 15) is 0 Å². The first-order valence-corrected chi connectivity index (χ1v) is 7.86. The van der Waals surface area contributed by atoms with Crippen LogP contribution in [0.15, 0.2) is 61.4 Å². The molecule has 0 atom stereocenters. The van der Waals surface area contributed by atoms with Gasteiger partial charge in [0.25, 0.3) is 0 Å². The second-order valence-electron chi connectivity index (χ2n) is 5.52. The number of ether oxygens (including phenoxy) is 1. The summed E-state index contributed by atoms with van der Waals surface area (Å²) in [6.07, 6.45) is 9.53. The van der Waals surface area contributed by atoms with E-state index in [0.717, 1.165) is 34.8 Å². The normalized spacial score (nSPS) is 10.9. The molecule has 0 aromatic carbocycles. The number of nitrogens with zero attached hydrogens (tertiary/aromatic N) is 5. The number of aromatic nitrogens is 5. The van der Waals surface area contributed by atoms with Crippen LogP contribution in [0.5, 0.6) is 5.75 Å². The van der Waals surface area contributed by atoms with Gasteiger partial charge in [-0.1, -0.05) is 6.07 Å². The molecular formula is C18H16N6O. The quantitative estimate of drug-likeness (QED) is 0.603. The first-order chi connectivity index (χ1) is 12.3. The molecule has 0 saturated heterocycles. The van der Waals surface area contributed by atoms with Gasteiger partial charge in [0.15, 0.2) is 0 Å². The second kappa shape index (κ2) is 6.56. The van der Waals surface area contributed by atoms with Crippen LogP contribution in [0.3, 0.4) is 0 Å². The minimum Gasteiger partial charge on any atom is -0.493 e. The van der Waals surface area contributed by atoms with Crippen molar-refractivity contribution in [3.05, 3.63) is 67.0 Å². The number of pyridine rings is 2. The number of nitrogen functional groups attached to an aromatic ring is 1. The van der Waals surface area contributed by atoms with Crippen LogP contribution in [-0.4, -0.2) is 30.9 Å². The van der Waals surface area contributed by atoms with Gasteiger partial charge in [-0.2, -0.15) is 0 Å². The number of hydrogen-bond acceptors (Lipinski definition) is 6. The lowest BCUT2D eigenvalue weighted by atomic mass is 10.2. The fourth-order valence-corrected chi connectivity index (χ4v) is 2.59. The van der Waals surface area contributed by atoms with Crippen LogP contribution in [-0.2, 0) is 6.42 Å². The highest BCUT2D eigenvalue weighted by atomic mass is 16.5. The Hall–Kier alpha value is -3.48. The van der Waals surface area contributed by atoms with Gasteiger partial charge in [-0.15, -0.1) is 0 Å². The van der Waals surface area contributed by atoms with Gasteiger partial charge in [-0.3, -0.25) is 9.38 Å². The van der Waals surface area contributed by atoms with E-state index in [1.165, 1.54) is 6.33 Å². The first kappa shape index (κ1) is 15.1. The van der Waals surface area contributed by atoms with E-state index in [4.69, 9.17) is 10.5 Å². The number of anilines is 1. The molecule has 4 aromatic rings. The van der Waals surface area contributed by atoms with Crippen molar-refractivity contribution >= 4 is 11.5 Å². The summed E-state index contributed by atoms with van der Waals surface area (Å²) in [5.74, 6) is 1.20. The third-order valence-electron chi connectivity index (χ3n) is 3.82. The lowest BCUT2D eigenvalue weighted by Gasteiger charge is -2.07. The summed E-state index contributed by atoms with van der Waals surface area (Å²) >= 11 is 0. The van der Waals surface area contributed by atoms with Crippen molar-refractivity contribution in [2.45, 2.75) is 6.42 Å². The lowest BCUT2D eigenvalue weighted by molar-refractivity contribution is 0.322. The van der Waals surface area contributed by atoms with E-state index < -0.39 is 0 Å². The van der Waals surface area contributed by atoms with Crippen LogP contribution < -0.4 is 10.5 Å². The zero-order valence-corrected chi connectivity index (χ0v) is 13.4. The lowest BCUT2D eigenvalue weighted by Crippen LogP contribution is -2.02. The highest BCUT2D eigenvalue weighted by Crippen LogP contribution is 2.22. The molecule has 124 valence electrons. The summed E-state index contributed by atoms with van der Waals surface area (Å²) in [4.78, 5) is 16.7. The van der Waals surface area contributed by atoms with Crippen molar-refractivity contribution < 1.29 is 4.74 Å². The molecule has 0 bridgehead atoms. The summed E-state index contributed by atoms with van der Waals surface area (Å²) < 4.78 is 7.77. The maximum absolute atomic E-state index is 5.83. The van der Waals surface area contributed by atoms with Gasteiger partial charge in [0.2, 0.25) is 0 Å². The van der Waals surface area contributed by atoms with Crippen LogP contribution in [0.4, 0.5) is 5.82 Å². The Balaban J connectivity index is 1.51. The fourth-order valence-electron chi connectivity index (χ4n) is 2.59. The van der Waals surface area contributed by atoms with E-state index in [-0.39, 0.29) is 0 Å². The van der Waals surface area contributed by atoms with Crippen molar-refractivity contribution in [1.82, 2.24) is 24.3 Å². The summed E-state index contributed by atoms with van der Waals surface area (Å²) in [5, 5.41) is 0. The Bertz CT molecular complexity index is 999. The van der Waals surface area contributed by atoms with E-state index >= 15 is 0 Å². The highest BCUT2D eigenvalue weighted by molar-refractivity contribution is 5.62. The number of fused-ring (bicyclic) bond motifs is 1. The second-order valence-corrected chi connectivity index (χ2v) is 5.52. The monoisotopic (exact) mass is 332 g/mol. The van der Waals surface area contributed by atoms with Crippen molar-refractivity contribution in [2.24, 2.45) is 0 Å². The van der Waals surface area contributed by atoms with E-state index in [1.807, 2.05) is 41.1 Å². The summed E-state index contributed by atoms with van der Waals surface area (Å²) in [6, 6.07) is 9.49. The molecule has 0 radical (unpaired) electrons. The molecule has 2 N–H and O–H groups in total. The average molecular weight is 332 g/mol. The molecule has 7 nitrogen and oxygen atoms in total. The predicted octanol–water partition coefficient (Wildman–Crippen LogP) is 2.39. The van der Waals surface area contributed by atoms with Crippen molar-refractivity contribution in [1.29, 1.82) is 0 Å². The molecule has 0 fully saturated rings. The third kappa shape index (κ3) is 3.25. The fraction of sp³-hybridized carbons (Fsp3) is 0.111. The molecule has 0 unspecified atom stereocenters. The topological polar surface area (TPSA) is 91.2 Å². The van der Waals surface area contributed by atoms with Crippen LogP contribution in [0.1, 0.15) is 5.56 Å². The standard InChI is InChI=1S/C18H16N6O/c19-17-9-15(22-12-23-17)16-11-21-18-8-14(3-6-24(16)18)25-7-4-13-2-1-5-20-10-13/h1-3,5-6,8-12H,4,7H2,(H2,19,22,23). The number of imidazole rings is 1. The molecule has 0 spiro atoms. The molecule has 7 heteroatoms. The Morgan fingerprint density at radius 1 is 1.08 bits per heavy atom. The van der Waals surface area contributed by atoms with Gasteiger partial charge in [-0.05, 0) is 17.7 Å². The van der Waals surface area contributed by atoms with Gasteiger partial charge in [0.05, 0.1) is 24.2 Å². The number of nitrogens with two attached hydrogens (primary N) is 1. The maximum Gasteiger partial charge on any atom is 0.140 e. The van der Waals surface area contributed by atoms with Crippen molar-refractivity contribution in [2.75, 3.05) is 12.3 Å². The number of rotatable bonds is 5. The molecule has 0 aliphatic rings. The minimum absolute atomic E-state index is 0.426. The Kier molecular flexibility index (Phi) is 3.96. The maximum atomic E-state index is 5.83. The van der Waals surface area contributed by atoms with Crippen molar-refractivity contribution in [3.63, 3.8) is 0 Å². The Morgan fingerprint density at radius 3 is 2.88 bits per heavy atom. The highest BCUT2D eigenvalue weighted by Gasteiger charge is 2.09. The molecule has 0 aliphatic heterocycles.